The smallest absolute Gasteiger partial charge is 0.0251 e. The van der Waals surface area contributed by atoms with E-state index >= 15 is 0 Å². The molecule has 1 radical (unpaired) electrons. The van der Waals surface area contributed by atoms with Crippen LogP contribution in [-0.2, 0) is 0 Å². The van der Waals surface area contributed by atoms with Crippen LogP contribution in [0.1, 0.15) is 51.9 Å². The van der Waals surface area contributed by atoms with E-state index in [9.17, 15) is 0 Å². The van der Waals surface area contributed by atoms with E-state index in [4.69, 9.17) is 0 Å². The third-order valence-corrected chi connectivity index (χ3v) is 2.46. The molecule has 0 aliphatic heterocycles. The largest absolute Gasteiger partial charge is 0.0811 e. The van der Waals surface area contributed by atoms with E-state index in [0.29, 0.717) is 0 Å². The molecule has 0 aromatic carbocycles. The predicted octanol–water partition coefficient (Wildman–Crippen LogP) is 3.73. The molecular formula is C11H19. The topological polar surface area (TPSA) is 0 Å². The van der Waals surface area contributed by atoms with Crippen LogP contribution in [-0.4, -0.2) is 0 Å². The molecule has 0 bridgehead atoms. The average molecular weight is 151 g/mol. The molecule has 0 amide bonds. The van der Waals surface area contributed by atoms with Crippen molar-refractivity contribution in [3.05, 3.63) is 12.2 Å². The van der Waals surface area contributed by atoms with Gasteiger partial charge in [0.25, 0.3) is 0 Å². The molecule has 63 valence electrons. The maximum absolute atomic E-state index is 3.40. The zero-order chi connectivity index (χ0) is 7.94. The maximum atomic E-state index is 3.40. The standard InChI is InChI=1S/C11H19/c1-2-3-4-5-8-11-9-6-7-10-11/h4,11H,2-3,6-10H2,1H3. The second-order valence-electron chi connectivity index (χ2n) is 3.55. The van der Waals surface area contributed by atoms with Crippen LogP contribution in [0.2, 0.25) is 0 Å². The fourth-order valence-electron chi connectivity index (χ4n) is 1.71. The van der Waals surface area contributed by atoms with Gasteiger partial charge < -0.3 is 0 Å². The Bertz CT molecular complexity index is 107. The Kier molecular flexibility index (Phi) is 4.33. The molecule has 0 spiro atoms. The molecule has 0 saturated heterocycles. The summed E-state index contributed by atoms with van der Waals surface area (Å²) in [5, 5.41) is 0. The number of hydrogen-bond donors (Lipinski definition) is 0. The molecule has 0 heterocycles. The molecule has 0 atom stereocenters. The number of unbranched alkanes of at least 4 members (excludes halogenated alkanes) is 1. The molecule has 1 rings (SSSR count). The van der Waals surface area contributed by atoms with Crippen LogP contribution in [0.4, 0.5) is 0 Å². The molecule has 1 fully saturated rings. The van der Waals surface area contributed by atoms with E-state index in [1.165, 1.54) is 44.9 Å². The van der Waals surface area contributed by atoms with Crippen LogP contribution in [0, 0.1) is 12.0 Å². The van der Waals surface area contributed by atoms with Gasteiger partial charge in [-0.2, -0.15) is 0 Å². The van der Waals surface area contributed by atoms with E-state index in [2.05, 4.69) is 19.1 Å². The van der Waals surface area contributed by atoms with Gasteiger partial charge in [0, 0.05) is 0 Å². The van der Waals surface area contributed by atoms with Gasteiger partial charge in [-0.15, -0.1) is 0 Å². The minimum Gasteiger partial charge on any atom is -0.0811 e. The highest BCUT2D eigenvalue weighted by atomic mass is 14.2. The number of rotatable bonds is 4. The number of allylic oxidation sites excluding steroid dienone is 2. The van der Waals surface area contributed by atoms with Crippen LogP contribution >= 0.6 is 0 Å². The number of hydrogen-bond acceptors (Lipinski definition) is 0. The first-order chi connectivity index (χ1) is 5.43. The van der Waals surface area contributed by atoms with Crippen LogP contribution in [0.25, 0.3) is 0 Å². The van der Waals surface area contributed by atoms with Gasteiger partial charge in [0.05, 0.1) is 0 Å². The molecule has 0 nitrogen and oxygen atoms in total. The summed E-state index contributed by atoms with van der Waals surface area (Å²) in [6, 6.07) is 0. The molecule has 0 heteroatoms. The molecule has 1 saturated carbocycles. The zero-order valence-corrected chi connectivity index (χ0v) is 7.60. The highest BCUT2D eigenvalue weighted by Crippen LogP contribution is 2.27. The SMILES string of the molecule is CCC/C=[C]\CC1CCCC1. The van der Waals surface area contributed by atoms with Crippen molar-refractivity contribution in [1.82, 2.24) is 0 Å². The van der Waals surface area contributed by atoms with E-state index in [-0.39, 0.29) is 0 Å². The first-order valence-electron chi connectivity index (χ1n) is 4.98. The molecular weight excluding hydrogens is 132 g/mol. The van der Waals surface area contributed by atoms with Gasteiger partial charge in [-0.1, -0.05) is 45.1 Å². The van der Waals surface area contributed by atoms with E-state index < -0.39 is 0 Å². The third kappa shape index (κ3) is 3.60. The fraction of sp³-hybridized carbons (Fsp3) is 0.818. The molecule has 0 N–H and O–H groups in total. The fourth-order valence-corrected chi connectivity index (χ4v) is 1.71. The van der Waals surface area contributed by atoms with Crippen molar-refractivity contribution in [2.24, 2.45) is 5.92 Å². The van der Waals surface area contributed by atoms with Crippen LogP contribution in [0.3, 0.4) is 0 Å². The minimum atomic E-state index is 0.975. The van der Waals surface area contributed by atoms with Gasteiger partial charge in [-0.25, -0.2) is 0 Å². The molecule has 0 aromatic heterocycles. The van der Waals surface area contributed by atoms with E-state index in [0.717, 1.165) is 5.92 Å². The summed E-state index contributed by atoms with van der Waals surface area (Å²) in [5.41, 5.74) is 0. The van der Waals surface area contributed by atoms with Crippen molar-refractivity contribution in [3.63, 3.8) is 0 Å². The van der Waals surface area contributed by atoms with Crippen LogP contribution < -0.4 is 0 Å². The van der Waals surface area contributed by atoms with Gasteiger partial charge in [-0.3, -0.25) is 0 Å². The Labute approximate surface area is 70.7 Å². The zero-order valence-electron chi connectivity index (χ0n) is 7.60. The summed E-state index contributed by atoms with van der Waals surface area (Å²) in [5.74, 6) is 0.975. The minimum absolute atomic E-state index is 0.975. The van der Waals surface area contributed by atoms with E-state index in [1.807, 2.05) is 0 Å². The normalized spacial score (nSPS) is 20.1. The second-order valence-corrected chi connectivity index (χ2v) is 3.55. The quantitative estimate of drug-likeness (QED) is 0.574. The summed E-state index contributed by atoms with van der Waals surface area (Å²) < 4.78 is 0. The van der Waals surface area contributed by atoms with Crippen molar-refractivity contribution in [2.75, 3.05) is 0 Å². The van der Waals surface area contributed by atoms with Crippen molar-refractivity contribution >= 4 is 0 Å². The Morgan fingerprint density at radius 2 is 2.09 bits per heavy atom. The summed E-state index contributed by atoms with van der Waals surface area (Å²) in [6.45, 7) is 2.22. The Hall–Kier alpha value is -0.260. The van der Waals surface area contributed by atoms with Crippen molar-refractivity contribution < 1.29 is 0 Å². The predicted molar refractivity (Wildman–Crippen MR) is 49.3 cm³/mol. The van der Waals surface area contributed by atoms with Crippen LogP contribution in [0.5, 0.6) is 0 Å². The lowest BCUT2D eigenvalue weighted by Gasteiger charge is -2.01. The molecule has 0 aromatic rings. The maximum Gasteiger partial charge on any atom is -0.0251 e. The molecule has 1 aliphatic rings. The van der Waals surface area contributed by atoms with Crippen molar-refractivity contribution in [1.29, 1.82) is 0 Å². The Morgan fingerprint density at radius 3 is 2.73 bits per heavy atom. The first-order valence-corrected chi connectivity index (χ1v) is 4.98. The third-order valence-electron chi connectivity index (χ3n) is 2.46. The highest BCUT2D eigenvalue weighted by molar-refractivity contribution is 4.78. The lowest BCUT2D eigenvalue weighted by Crippen LogP contribution is -1.89. The van der Waals surface area contributed by atoms with Gasteiger partial charge in [0.1, 0.15) is 0 Å². The van der Waals surface area contributed by atoms with Crippen LogP contribution in [0.15, 0.2) is 6.08 Å². The van der Waals surface area contributed by atoms with Gasteiger partial charge in [0.15, 0.2) is 0 Å². The van der Waals surface area contributed by atoms with Crippen molar-refractivity contribution in [3.8, 4) is 0 Å². The summed E-state index contributed by atoms with van der Waals surface area (Å²) >= 11 is 0. The monoisotopic (exact) mass is 151 g/mol. The Balaban J connectivity index is 2.01. The lowest BCUT2D eigenvalue weighted by molar-refractivity contribution is 0.550. The summed E-state index contributed by atoms with van der Waals surface area (Å²) in [4.78, 5) is 0. The van der Waals surface area contributed by atoms with Gasteiger partial charge in [-0.05, 0) is 24.8 Å². The highest BCUT2D eigenvalue weighted by Gasteiger charge is 2.12. The van der Waals surface area contributed by atoms with Crippen molar-refractivity contribution in [2.45, 2.75) is 51.9 Å². The van der Waals surface area contributed by atoms with Gasteiger partial charge >= 0.3 is 0 Å². The lowest BCUT2D eigenvalue weighted by atomic mass is 10.0. The summed E-state index contributed by atoms with van der Waals surface area (Å²) in [7, 11) is 0. The second kappa shape index (κ2) is 5.40. The summed E-state index contributed by atoms with van der Waals surface area (Å²) in [6.07, 6.45) is 15.1. The molecule has 0 unspecified atom stereocenters. The first kappa shape index (κ1) is 8.83. The average Bonchev–Trinajstić information content (AvgIpc) is 2.50. The van der Waals surface area contributed by atoms with E-state index in [1.54, 1.807) is 0 Å². The molecule has 1 aliphatic carbocycles. The Morgan fingerprint density at radius 1 is 1.36 bits per heavy atom. The molecule has 11 heavy (non-hydrogen) atoms. The van der Waals surface area contributed by atoms with Gasteiger partial charge in [0.2, 0.25) is 0 Å².